The minimum absolute atomic E-state index is 0.102. The molecule has 1 aromatic heterocycles. The van der Waals surface area contributed by atoms with Gasteiger partial charge in [0.25, 0.3) is 5.91 Å². The van der Waals surface area contributed by atoms with Crippen LogP contribution in [0.2, 0.25) is 5.02 Å². The van der Waals surface area contributed by atoms with Crippen LogP contribution < -0.4 is 0 Å². The van der Waals surface area contributed by atoms with Crippen LogP contribution in [0.4, 0.5) is 5.69 Å². The number of nitrogens with zero attached hydrogens (tertiary/aromatic N) is 3. The van der Waals surface area contributed by atoms with Crippen LogP contribution in [0.25, 0.3) is 10.9 Å². The molecule has 1 amide bonds. The summed E-state index contributed by atoms with van der Waals surface area (Å²) in [6.07, 6.45) is 5.45. The van der Waals surface area contributed by atoms with E-state index in [1.807, 2.05) is 18.2 Å². The predicted octanol–water partition coefficient (Wildman–Crippen LogP) is 4.49. The number of amides is 1. The Hall–Kier alpha value is -3.10. The van der Waals surface area contributed by atoms with E-state index in [-0.39, 0.29) is 24.5 Å². The molecule has 0 bridgehead atoms. The zero-order valence-electron chi connectivity index (χ0n) is 13.2. The molecule has 1 N–H and O–H groups in total. The van der Waals surface area contributed by atoms with Crippen LogP contribution in [0.15, 0.2) is 58.8 Å². The molecule has 1 heterocycles. The number of rotatable bonds is 4. The maximum absolute atomic E-state index is 12.0. The number of fused-ring (bicyclic) bond motifs is 1. The molecule has 25 heavy (non-hydrogen) atoms. The van der Waals surface area contributed by atoms with Crippen molar-refractivity contribution in [2.75, 3.05) is 0 Å². The van der Waals surface area contributed by atoms with Gasteiger partial charge in [-0.1, -0.05) is 47.9 Å². The van der Waals surface area contributed by atoms with Gasteiger partial charge in [0, 0.05) is 10.4 Å². The van der Waals surface area contributed by atoms with Gasteiger partial charge in [0.05, 0.1) is 18.5 Å². The number of aromatic nitrogens is 1. The van der Waals surface area contributed by atoms with Gasteiger partial charge < -0.3 is 5.11 Å². The fourth-order valence-corrected chi connectivity index (χ4v) is 2.67. The highest BCUT2D eigenvalue weighted by molar-refractivity contribution is 6.30. The Labute approximate surface area is 149 Å². The first-order valence-corrected chi connectivity index (χ1v) is 7.90. The van der Waals surface area contributed by atoms with Crippen LogP contribution in [0, 0.1) is 12.3 Å². The first-order valence-electron chi connectivity index (χ1n) is 7.53. The molecule has 0 saturated heterocycles. The fourth-order valence-electron chi connectivity index (χ4n) is 2.54. The predicted molar refractivity (Wildman–Crippen MR) is 97.1 cm³/mol. The topological polar surface area (TPSA) is 66.9 Å². The number of carbonyl (C=O) groups is 1. The van der Waals surface area contributed by atoms with E-state index >= 15 is 0 Å². The number of hydrogen-bond donors (Lipinski definition) is 1. The molecule has 0 radical (unpaired) electrons. The van der Waals surface area contributed by atoms with E-state index in [0.29, 0.717) is 10.4 Å². The van der Waals surface area contributed by atoms with Gasteiger partial charge in [-0.3, -0.25) is 9.36 Å². The molecular weight excluding hydrogens is 338 g/mol. The Morgan fingerprint density at radius 3 is 2.64 bits per heavy atom. The highest BCUT2D eigenvalue weighted by atomic mass is 35.5. The quantitative estimate of drug-likeness (QED) is 0.556. The van der Waals surface area contributed by atoms with Crippen LogP contribution in [0.5, 0.6) is 5.88 Å². The van der Waals surface area contributed by atoms with Crippen molar-refractivity contribution in [1.29, 1.82) is 0 Å². The number of hydrogen-bond acceptors (Lipinski definition) is 3. The van der Waals surface area contributed by atoms with Crippen molar-refractivity contribution in [3.8, 4) is 18.2 Å². The van der Waals surface area contributed by atoms with Gasteiger partial charge in [-0.25, -0.2) is 0 Å². The third-order valence-electron chi connectivity index (χ3n) is 3.70. The maximum Gasteiger partial charge on any atom is 0.269 e. The van der Waals surface area contributed by atoms with Gasteiger partial charge >= 0.3 is 0 Å². The highest BCUT2D eigenvalue weighted by Crippen LogP contribution is 2.38. The van der Waals surface area contributed by atoms with Crippen molar-refractivity contribution < 1.29 is 9.90 Å². The Bertz CT molecular complexity index is 998. The van der Waals surface area contributed by atoms with E-state index in [2.05, 4.69) is 16.1 Å². The zero-order chi connectivity index (χ0) is 17.8. The monoisotopic (exact) mass is 351 g/mol. The lowest BCUT2D eigenvalue weighted by molar-refractivity contribution is -0.117. The van der Waals surface area contributed by atoms with E-state index in [4.69, 9.17) is 18.0 Å². The Morgan fingerprint density at radius 1 is 1.20 bits per heavy atom. The molecule has 0 saturated carbocycles. The van der Waals surface area contributed by atoms with E-state index in [0.717, 1.165) is 11.1 Å². The number of carbonyl (C=O) groups excluding carboxylic acids is 1. The highest BCUT2D eigenvalue weighted by Gasteiger charge is 2.16. The lowest BCUT2D eigenvalue weighted by Gasteiger charge is -2.00. The van der Waals surface area contributed by atoms with Crippen LogP contribution in [-0.4, -0.2) is 15.6 Å². The second-order valence-corrected chi connectivity index (χ2v) is 5.81. The lowest BCUT2D eigenvalue weighted by Crippen LogP contribution is -1.97. The molecule has 0 aliphatic rings. The van der Waals surface area contributed by atoms with Gasteiger partial charge in [-0.2, -0.15) is 0 Å². The summed E-state index contributed by atoms with van der Waals surface area (Å²) in [5.41, 5.74) is 1.75. The fraction of sp³-hybridized carbons (Fsp3) is 0.105. The standard InChI is InChI=1S/C19H14ClN3O2/c1-2-11-23-16-6-4-3-5-15(16)18(19(23)25)22-21-17(24)12-13-7-9-14(20)10-8-13/h1,3-10,25H,11-12H2. The molecule has 2 aromatic carbocycles. The largest absolute Gasteiger partial charge is 0.493 e. The average molecular weight is 352 g/mol. The molecule has 124 valence electrons. The van der Waals surface area contributed by atoms with Crippen molar-refractivity contribution in [3.05, 3.63) is 59.1 Å². The summed E-state index contributed by atoms with van der Waals surface area (Å²) in [6.45, 7) is 0.195. The van der Waals surface area contributed by atoms with Gasteiger partial charge in [0.2, 0.25) is 5.88 Å². The van der Waals surface area contributed by atoms with Gasteiger partial charge in [0.1, 0.15) is 0 Å². The van der Waals surface area contributed by atoms with Gasteiger partial charge in [0.15, 0.2) is 5.69 Å². The molecule has 5 nitrogen and oxygen atoms in total. The summed E-state index contributed by atoms with van der Waals surface area (Å²) in [6, 6.07) is 14.2. The van der Waals surface area contributed by atoms with Crippen LogP contribution >= 0.6 is 11.6 Å². The van der Waals surface area contributed by atoms with Crippen LogP contribution in [0.3, 0.4) is 0 Å². The molecule has 0 spiro atoms. The molecule has 3 aromatic rings. The number of benzene rings is 2. The maximum atomic E-state index is 12.0. The molecule has 0 fully saturated rings. The summed E-state index contributed by atoms with van der Waals surface area (Å²) in [4.78, 5) is 12.0. The second kappa shape index (κ2) is 7.20. The molecule has 3 rings (SSSR count). The van der Waals surface area contributed by atoms with Crippen LogP contribution in [0.1, 0.15) is 5.56 Å². The first kappa shape index (κ1) is 16.7. The lowest BCUT2D eigenvalue weighted by atomic mass is 10.1. The molecule has 0 aliphatic carbocycles. The van der Waals surface area contributed by atoms with Crippen molar-refractivity contribution in [3.63, 3.8) is 0 Å². The van der Waals surface area contributed by atoms with Crippen molar-refractivity contribution in [2.24, 2.45) is 10.2 Å². The normalized spacial score (nSPS) is 11.0. The number of para-hydroxylation sites is 1. The summed E-state index contributed by atoms with van der Waals surface area (Å²) in [5, 5.41) is 19.3. The van der Waals surface area contributed by atoms with Crippen molar-refractivity contribution in [2.45, 2.75) is 13.0 Å². The Kier molecular flexibility index (Phi) is 4.82. The van der Waals surface area contributed by atoms with E-state index in [1.165, 1.54) is 0 Å². The number of aromatic hydroxyl groups is 1. The first-order chi connectivity index (χ1) is 12.1. The van der Waals surface area contributed by atoms with Crippen LogP contribution in [-0.2, 0) is 17.8 Å². The Morgan fingerprint density at radius 2 is 1.92 bits per heavy atom. The summed E-state index contributed by atoms with van der Waals surface area (Å²) in [7, 11) is 0. The molecule has 0 aliphatic heterocycles. The van der Waals surface area contributed by atoms with Gasteiger partial charge in [-0.15, -0.1) is 16.7 Å². The molecule has 0 atom stereocenters. The minimum Gasteiger partial charge on any atom is -0.493 e. The second-order valence-electron chi connectivity index (χ2n) is 5.38. The average Bonchev–Trinajstić information content (AvgIpc) is 2.88. The van der Waals surface area contributed by atoms with E-state index in [9.17, 15) is 9.90 Å². The number of azo groups is 1. The molecule has 0 unspecified atom stereocenters. The van der Waals surface area contributed by atoms with Gasteiger partial charge in [-0.05, 0) is 23.8 Å². The Balaban J connectivity index is 1.88. The number of halogens is 1. The van der Waals surface area contributed by atoms with E-state index in [1.54, 1.807) is 34.9 Å². The van der Waals surface area contributed by atoms with Crippen molar-refractivity contribution in [1.82, 2.24) is 4.57 Å². The van der Waals surface area contributed by atoms with E-state index < -0.39 is 5.91 Å². The third kappa shape index (κ3) is 3.54. The number of terminal acetylenes is 1. The minimum atomic E-state index is -0.421. The summed E-state index contributed by atoms with van der Waals surface area (Å²) < 4.78 is 1.55. The van der Waals surface area contributed by atoms with Crippen molar-refractivity contribution >= 4 is 34.1 Å². The summed E-state index contributed by atoms with van der Waals surface area (Å²) in [5.74, 6) is 1.96. The smallest absolute Gasteiger partial charge is 0.269 e. The third-order valence-corrected chi connectivity index (χ3v) is 3.95. The zero-order valence-corrected chi connectivity index (χ0v) is 13.9. The summed E-state index contributed by atoms with van der Waals surface area (Å²) >= 11 is 5.82. The molecule has 6 heteroatoms. The molecular formula is C19H14ClN3O2. The SMILES string of the molecule is C#CCn1c(O)c(N=NC(=O)Cc2ccc(Cl)cc2)c2ccccc21.